The van der Waals surface area contributed by atoms with Gasteiger partial charge in [-0.25, -0.2) is 0 Å². The molecule has 0 rings (SSSR count). The van der Waals surface area contributed by atoms with Crippen molar-refractivity contribution >= 4 is 17.7 Å². The van der Waals surface area contributed by atoms with E-state index in [0.717, 1.165) is 6.42 Å². The summed E-state index contributed by atoms with van der Waals surface area (Å²) in [6.07, 6.45) is 1.54. The Morgan fingerprint density at radius 1 is 1.64 bits per heavy atom. The molecule has 0 radical (unpaired) electrons. The molecule has 0 aromatic heterocycles. The lowest BCUT2D eigenvalue weighted by Crippen LogP contribution is -2.34. The van der Waals surface area contributed by atoms with Crippen LogP contribution in [0.3, 0.4) is 0 Å². The second kappa shape index (κ2) is 6.30. The quantitative estimate of drug-likeness (QED) is 0.715. The molecule has 2 unspecified atom stereocenters. The summed E-state index contributed by atoms with van der Waals surface area (Å²) in [6, 6.07) is 0. The van der Waals surface area contributed by atoms with Gasteiger partial charge in [0.1, 0.15) is 4.75 Å². The average Bonchev–Trinajstić information content (AvgIpc) is 2.14. The van der Waals surface area contributed by atoms with Crippen LogP contribution < -0.4 is 0 Å². The second-order valence-electron chi connectivity index (χ2n) is 3.62. The number of hydrogen-bond donors (Lipinski definition) is 1. The smallest absolute Gasteiger partial charge is 0.319 e. The summed E-state index contributed by atoms with van der Waals surface area (Å²) in [7, 11) is 1.59. The summed E-state index contributed by atoms with van der Waals surface area (Å²) in [6.45, 7) is 6.38. The Bertz CT molecular complexity index is 184. The van der Waals surface area contributed by atoms with Crippen molar-refractivity contribution in [3.05, 3.63) is 0 Å². The number of carboxylic acids is 1. The largest absolute Gasteiger partial charge is 0.480 e. The summed E-state index contributed by atoms with van der Waals surface area (Å²) in [5.41, 5.74) is 0. The Labute approximate surface area is 90.2 Å². The molecule has 2 atom stereocenters. The fourth-order valence-corrected chi connectivity index (χ4v) is 2.40. The van der Waals surface area contributed by atoms with Crippen molar-refractivity contribution < 1.29 is 14.6 Å². The number of methoxy groups -OCH3 is 1. The Balaban J connectivity index is 4.31. The van der Waals surface area contributed by atoms with E-state index < -0.39 is 10.7 Å². The first-order valence-corrected chi connectivity index (χ1v) is 5.74. The van der Waals surface area contributed by atoms with Gasteiger partial charge in [0.2, 0.25) is 0 Å². The minimum atomic E-state index is -0.750. The lowest BCUT2D eigenvalue weighted by atomic mass is 10.1. The van der Waals surface area contributed by atoms with E-state index in [1.807, 2.05) is 0 Å². The van der Waals surface area contributed by atoms with Crippen molar-refractivity contribution in [3.8, 4) is 0 Å². The first-order chi connectivity index (χ1) is 6.46. The molecular formula is C10H20O3S. The van der Waals surface area contributed by atoms with Gasteiger partial charge in [0, 0.05) is 19.0 Å². The van der Waals surface area contributed by atoms with E-state index in [1.54, 1.807) is 14.0 Å². The molecule has 0 amide bonds. The molecule has 84 valence electrons. The zero-order valence-electron chi connectivity index (χ0n) is 9.37. The average molecular weight is 220 g/mol. The van der Waals surface area contributed by atoms with Crippen LogP contribution in [0.25, 0.3) is 0 Å². The Kier molecular flexibility index (Phi) is 6.20. The third kappa shape index (κ3) is 4.33. The van der Waals surface area contributed by atoms with Gasteiger partial charge in [0.05, 0.1) is 0 Å². The van der Waals surface area contributed by atoms with Crippen LogP contribution in [0.15, 0.2) is 0 Å². The van der Waals surface area contributed by atoms with Crippen LogP contribution in [-0.4, -0.2) is 34.8 Å². The van der Waals surface area contributed by atoms with Crippen molar-refractivity contribution in [2.45, 2.75) is 43.6 Å². The number of thioether (sulfide) groups is 1. The maximum Gasteiger partial charge on any atom is 0.319 e. The topological polar surface area (TPSA) is 46.5 Å². The van der Waals surface area contributed by atoms with Gasteiger partial charge in [0.15, 0.2) is 0 Å². The standard InChI is InChI=1S/C10H20O3S/c1-5-8(2)14-10(3,9(11)12)6-7-13-4/h8H,5-7H2,1-4H3,(H,11,12). The number of hydrogen-bond acceptors (Lipinski definition) is 3. The van der Waals surface area contributed by atoms with E-state index in [1.165, 1.54) is 11.8 Å². The van der Waals surface area contributed by atoms with E-state index in [4.69, 9.17) is 9.84 Å². The monoisotopic (exact) mass is 220 g/mol. The summed E-state index contributed by atoms with van der Waals surface area (Å²) in [5.74, 6) is -0.750. The number of ether oxygens (including phenoxy) is 1. The van der Waals surface area contributed by atoms with E-state index in [-0.39, 0.29) is 0 Å². The maximum absolute atomic E-state index is 11.1. The van der Waals surface area contributed by atoms with Gasteiger partial charge in [0.25, 0.3) is 0 Å². The van der Waals surface area contributed by atoms with Crippen molar-refractivity contribution in [1.29, 1.82) is 0 Å². The first kappa shape index (κ1) is 13.8. The first-order valence-electron chi connectivity index (χ1n) is 4.86. The zero-order valence-corrected chi connectivity index (χ0v) is 10.2. The van der Waals surface area contributed by atoms with Crippen molar-refractivity contribution in [2.75, 3.05) is 13.7 Å². The lowest BCUT2D eigenvalue weighted by molar-refractivity contribution is -0.139. The molecule has 0 heterocycles. The molecule has 4 heteroatoms. The third-order valence-corrected chi connectivity index (χ3v) is 3.91. The molecule has 0 aliphatic carbocycles. The number of carbonyl (C=O) groups is 1. The van der Waals surface area contributed by atoms with Crippen LogP contribution in [0, 0.1) is 0 Å². The van der Waals surface area contributed by atoms with Crippen LogP contribution in [0.5, 0.6) is 0 Å². The molecule has 14 heavy (non-hydrogen) atoms. The Morgan fingerprint density at radius 3 is 2.57 bits per heavy atom. The van der Waals surface area contributed by atoms with Crippen LogP contribution in [-0.2, 0) is 9.53 Å². The third-order valence-electron chi connectivity index (χ3n) is 2.27. The minimum absolute atomic E-state index is 0.368. The van der Waals surface area contributed by atoms with Gasteiger partial charge < -0.3 is 9.84 Å². The molecule has 0 fully saturated rings. The maximum atomic E-state index is 11.1. The van der Waals surface area contributed by atoms with Gasteiger partial charge in [-0.1, -0.05) is 13.8 Å². The molecule has 3 nitrogen and oxygen atoms in total. The van der Waals surface area contributed by atoms with E-state index in [9.17, 15) is 4.79 Å². The zero-order chi connectivity index (χ0) is 11.2. The molecule has 0 aromatic rings. The van der Waals surface area contributed by atoms with Crippen LogP contribution >= 0.6 is 11.8 Å². The van der Waals surface area contributed by atoms with Crippen LogP contribution in [0.2, 0.25) is 0 Å². The highest BCUT2D eigenvalue weighted by Gasteiger charge is 2.34. The number of carboxylic acid groups (broad SMARTS) is 1. The highest BCUT2D eigenvalue weighted by atomic mass is 32.2. The van der Waals surface area contributed by atoms with Gasteiger partial charge in [-0.05, 0) is 19.8 Å². The Hall–Kier alpha value is -0.220. The molecule has 0 bridgehead atoms. The molecule has 0 saturated carbocycles. The SMILES string of the molecule is CCC(C)SC(C)(CCOC)C(=O)O. The number of aliphatic carboxylic acids is 1. The van der Waals surface area contributed by atoms with Crippen LogP contribution in [0.4, 0.5) is 0 Å². The summed E-state index contributed by atoms with van der Waals surface area (Å²) >= 11 is 1.52. The van der Waals surface area contributed by atoms with Crippen LogP contribution in [0.1, 0.15) is 33.6 Å². The van der Waals surface area contributed by atoms with E-state index >= 15 is 0 Å². The highest BCUT2D eigenvalue weighted by Crippen LogP contribution is 2.33. The molecule has 0 aromatic carbocycles. The van der Waals surface area contributed by atoms with Gasteiger partial charge in [-0.15, -0.1) is 11.8 Å². The van der Waals surface area contributed by atoms with Gasteiger partial charge in [-0.2, -0.15) is 0 Å². The van der Waals surface area contributed by atoms with Crippen molar-refractivity contribution in [3.63, 3.8) is 0 Å². The summed E-state index contributed by atoms with van der Waals surface area (Å²) in [4.78, 5) is 11.1. The molecule has 0 spiro atoms. The predicted molar refractivity (Wildman–Crippen MR) is 59.9 cm³/mol. The van der Waals surface area contributed by atoms with Crippen molar-refractivity contribution in [1.82, 2.24) is 0 Å². The normalized spacial score (nSPS) is 17.4. The summed E-state index contributed by atoms with van der Waals surface area (Å²) in [5, 5.41) is 9.50. The molecule has 0 aliphatic rings. The highest BCUT2D eigenvalue weighted by molar-refractivity contribution is 8.01. The number of rotatable bonds is 7. The second-order valence-corrected chi connectivity index (χ2v) is 5.56. The fraction of sp³-hybridized carbons (Fsp3) is 0.900. The van der Waals surface area contributed by atoms with E-state index in [2.05, 4.69) is 13.8 Å². The summed E-state index contributed by atoms with van der Waals surface area (Å²) < 4.78 is 4.21. The molecular weight excluding hydrogens is 200 g/mol. The van der Waals surface area contributed by atoms with E-state index in [0.29, 0.717) is 18.3 Å². The lowest BCUT2D eigenvalue weighted by Gasteiger charge is -2.26. The van der Waals surface area contributed by atoms with Gasteiger partial charge in [-0.3, -0.25) is 4.79 Å². The molecule has 0 saturated heterocycles. The fourth-order valence-electron chi connectivity index (χ4n) is 1.04. The molecule has 0 aliphatic heterocycles. The predicted octanol–water partition coefficient (Wildman–Crippen LogP) is 2.40. The molecule has 1 N–H and O–H groups in total. The minimum Gasteiger partial charge on any atom is -0.480 e. The van der Waals surface area contributed by atoms with Gasteiger partial charge >= 0.3 is 5.97 Å². The van der Waals surface area contributed by atoms with Crippen molar-refractivity contribution in [2.24, 2.45) is 0 Å². The Morgan fingerprint density at radius 2 is 2.21 bits per heavy atom.